The highest BCUT2D eigenvalue weighted by Crippen LogP contribution is 2.38. The Kier molecular flexibility index (Phi) is 9.89. The van der Waals surface area contributed by atoms with Gasteiger partial charge in [0, 0.05) is 35.0 Å². The standard InChI is InChI=1S/C33H33ClN2O5S/c1-39-28-11-6-23(7-12-28)20-35(21-24-8-13-29(40-2)14-9-24)42-30-15-17-33(32(19-30)36(37)38)41-22-26-5-3-4-25-18-27(34)10-16-31(25)26/h6-19,26H,3-5,20-22H2,1-2H3. The van der Waals surface area contributed by atoms with E-state index in [9.17, 15) is 10.1 Å². The first-order valence-corrected chi connectivity index (χ1v) is 15.0. The van der Waals surface area contributed by atoms with Gasteiger partial charge in [0.2, 0.25) is 0 Å². The second-order valence-corrected chi connectivity index (χ2v) is 11.8. The van der Waals surface area contributed by atoms with Crippen molar-refractivity contribution in [1.82, 2.24) is 4.31 Å². The van der Waals surface area contributed by atoms with Gasteiger partial charge >= 0.3 is 5.69 Å². The number of hydrogen-bond donors (Lipinski definition) is 0. The summed E-state index contributed by atoms with van der Waals surface area (Å²) in [6.45, 7) is 1.62. The van der Waals surface area contributed by atoms with Gasteiger partial charge < -0.3 is 14.2 Å². The van der Waals surface area contributed by atoms with Gasteiger partial charge in [0.1, 0.15) is 11.5 Å². The van der Waals surface area contributed by atoms with Crippen LogP contribution in [0.15, 0.2) is 89.8 Å². The van der Waals surface area contributed by atoms with Crippen molar-refractivity contribution in [2.75, 3.05) is 20.8 Å². The summed E-state index contributed by atoms with van der Waals surface area (Å²) in [4.78, 5) is 12.5. The minimum Gasteiger partial charge on any atom is -0.497 e. The summed E-state index contributed by atoms with van der Waals surface area (Å²) in [6.07, 6.45) is 3.00. The van der Waals surface area contributed by atoms with E-state index in [1.807, 2.05) is 66.7 Å². The molecule has 0 radical (unpaired) electrons. The highest BCUT2D eigenvalue weighted by atomic mass is 35.5. The summed E-state index contributed by atoms with van der Waals surface area (Å²) in [6, 6.07) is 27.0. The van der Waals surface area contributed by atoms with Crippen LogP contribution in [0.5, 0.6) is 17.2 Å². The summed E-state index contributed by atoms with van der Waals surface area (Å²) in [7, 11) is 3.29. The molecule has 7 nitrogen and oxygen atoms in total. The molecule has 218 valence electrons. The molecule has 0 saturated heterocycles. The maximum absolute atomic E-state index is 12.1. The van der Waals surface area contributed by atoms with Gasteiger partial charge in [-0.1, -0.05) is 41.9 Å². The van der Waals surface area contributed by atoms with E-state index >= 15 is 0 Å². The minimum atomic E-state index is -0.370. The van der Waals surface area contributed by atoms with E-state index in [0.717, 1.165) is 51.8 Å². The molecule has 0 bridgehead atoms. The molecular weight excluding hydrogens is 572 g/mol. The van der Waals surface area contributed by atoms with Crippen LogP contribution < -0.4 is 14.2 Å². The number of nitro groups is 1. The van der Waals surface area contributed by atoms with Crippen LogP contribution in [0.25, 0.3) is 0 Å². The Morgan fingerprint density at radius 2 is 1.55 bits per heavy atom. The number of halogens is 1. The van der Waals surface area contributed by atoms with Crippen molar-refractivity contribution in [2.45, 2.75) is 43.2 Å². The molecule has 1 unspecified atom stereocenters. The van der Waals surface area contributed by atoms with Crippen LogP contribution in [0.2, 0.25) is 5.02 Å². The quantitative estimate of drug-likeness (QED) is 0.0912. The van der Waals surface area contributed by atoms with Crippen LogP contribution in [0, 0.1) is 10.1 Å². The summed E-state index contributed by atoms with van der Waals surface area (Å²) < 4.78 is 18.9. The lowest BCUT2D eigenvalue weighted by Crippen LogP contribution is -2.17. The van der Waals surface area contributed by atoms with Crippen LogP contribution in [-0.4, -0.2) is 30.1 Å². The average molecular weight is 605 g/mol. The van der Waals surface area contributed by atoms with Crippen LogP contribution in [-0.2, 0) is 19.5 Å². The first-order chi connectivity index (χ1) is 20.4. The summed E-state index contributed by atoms with van der Waals surface area (Å²) in [5.41, 5.74) is 4.60. The number of hydrogen-bond acceptors (Lipinski definition) is 7. The molecule has 0 aromatic heterocycles. The van der Waals surface area contributed by atoms with Crippen molar-refractivity contribution < 1.29 is 19.1 Å². The molecule has 5 rings (SSSR count). The Morgan fingerprint density at radius 3 is 2.14 bits per heavy atom. The molecule has 42 heavy (non-hydrogen) atoms. The second-order valence-electron chi connectivity index (χ2n) is 10.2. The molecule has 1 aliphatic carbocycles. The zero-order valence-electron chi connectivity index (χ0n) is 23.6. The van der Waals surface area contributed by atoms with Gasteiger partial charge in [-0.05, 0) is 102 Å². The van der Waals surface area contributed by atoms with Crippen LogP contribution in [0.4, 0.5) is 5.69 Å². The Labute approximate surface area is 255 Å². The molecule has 0 spiro atoms. The molecule has 0 saturated carbocycles. The van der Waals surface area contributed by atoms with Gasteiger partial charge in [-0.2, -0.15) is 0 Å². The predicted octanol–water partition coefficient (Wildman–Crippen LogP) is 8.47. The number of nitro benzene ring substituents is 1. The molecule has 1 aliphatic rings. The predicted molar refractivity (Wildman–Crippen MR) is 167 cm³/mol. The zero-order valence-corrected chi connectivity index (χ0v) is 25.2. The number of rotatable bonds is 12. The van der Waals surface area contributed by atoms with Crippen LogP contribution in [0.1, 0.15) is 41.0 Å². The van der Waals surface area contributed by atoms with Gasteiger partial charge in [0.15, 0.2) is 5.75 Å². The topological polar surface area (TPSA) is 74.1 Å². The molecule has 0 fully saturated rings. The second kappa shape index (κ2) is 14.0. The normalized spacial score (nSPS) is 14.3. The molecule has 4 aromatic rings. The number of ether oxygens (including phenoxy) is 3. The van der Waals surface area contributed by atoms with Crippen molar-refractivity contribution >= 4 is 29.2 Å². The number of methoxy groups -OCH3 is 2. The van der Waals surface area contributed by atoms with Gasteiger partial charge in [-0.25, -0.2) is 4.31 Å². The Hall–Kier alpha value is -3.72. The van der Waals surface area contributed by atoms with E-state index in [-0.39, 0.29) is 22.3 Å². The summed E-state index contributed by atoms with van der Waals surface area (Å²) in [5.74, 6) is 2.03. The first kappa shape index (κ1) is 29.8. The minimum absolute atomic E-state index is 0.0408. The maximum atomic E-state index is 12.1. The smallest absolute Gasteiger partial charge is 0.312 e. The first-order valence-electron chi connectivity index (χ1n) is 13.8. The third kappa shape index (κ3) is 7.56. The maximum Gasteiger partial charge on any atom is 0.312 e. The lowest BCUT2D eigenvalue weighted by atomic mass is 9.83. The fraction of sp³-hybridized carbons (Fsp3) is 0.273. The van der Waals surface area contributed by atoms with E-state index < -0.39 is 0 Å². The molecule has 4 aromatic carbocycles. The number of nitrogens with zero attached hydrogens (tertiary/aromatic N) is 2. The third-order valence-electron chi connectivity index (χ3n) is 7.38. The fourth-order valence-corrected chi connectivity index (χ4v) is 6.42. The number of benzene rings is 4. The van der Waals surface area contributed by atoms with Crippen molar-refractivity contribution in [3.05, 3.63) is 122 Å². The monoisotopic (exact) mass is 604 g/mol. The van der Waals surface area contributed by atoms with Gasteiger partial charge in [-0.15, -0.1) is 0 Å². The van der Waals surface area contributed by atoms with E-state index in [4.69, 9.17) is 25.8 Å². The zero-order chi connectivity index (χ0) is 29.5. The Bertz CT molecular complexity index is 1460. The molecule has 0 heterocycles. The molecule has 0 N–H and O–H groups in total. The van der Waals surface area contributed by atoms with Gasteiger partial charge in [0.25, 0.3) is 0 Å². The van der Waals surface area contributed by atoms with Crippen molar-refractivity contribution in [1.29, 1.82) is 0 Å². The number of aryl methyl sites for hydroxylation is 1. The molecule has 1 atom stereocenters. The lowest BCUT2D eigenvalue weighted by molar-refractivity contribution is -0.386. The van der Waals surface area contributed by atoms with Crippen molar-refractivity contribution in [3.63, 3.8) is 0 Å². The van der Waals surface area contributed by atoms with Crippen LogP contribution in [0.3, 0.4) is 0 Å². The van der Waals surface area contributed by atoms with Gasteiger partial charge in [-0.3, -0.25) is 10.1 Å². The van der Waals surface area contributed by atoms with E-state index in [0.29, 0.717) is 19.7 Å². The summed E-state index contributed by atoms with van der Waals surface area (Å²) >= 11 is 7.67. The highest BCUT2D eigenvalue weighted by molar-refractivity contribution is 7.97. The molecule has 9 heteroatoms. The molecule has 0 aliphatic heterocycles. The number of fused-ring (bicyclic) bond motifs is 1. The van der Waals surface area contributed by atoms with Crippen LogP contribution >= 0.6 is 23.5 Å². The Morgan fingerprint density at radius 1 is 0.905 bits per heavy atom. The lowest BCUT2D eigenvalue weighted by Gasteiger charge is -2.26. The SMILES string of the molecule is COc1ccc(CN(Cc2ccc(OC)cc2)Sc2ccc(OCC3CCCc4cc(Cl)ccc43)c([N+](=O)[O-])c2)cc1. The molecule has 0 amide bonds. The van der Waals surface area contributed by atoms with Crippen molar-refractivity contribution in [2.24, 2.45) is 0 Å². The Balaban J connectivity index is 1.33. The van der Waals surface area contributed by atoms with E-state index in [1.165, 1.54) is 23.1 Å². The largest absolute Gasteiger partial charge is 0.497 e. The fourth-order valence-electron chi connectivity index (χ4n) is 5.20. The van der Waals surface area contributed by atoms with Crippen molar-refractivity contribution in [3.8, 4) is 17.2 Å². The molecular formula is C33H33ClN2O5S. The van der Waals surface area contributed by atoms with E-state index in [1.54, 1.807) is 26.4 Å². The third-order valence-corrected chi connectivity index (χ3v) is 8.60. The van der Waals surface area contributed by atoms with E-state index in [2.05, 4.69) is 10.4 Å². The highest BCUT2D eigenvalue weighted by Gasteiger charge is 2.24. The average Bonchev–Trinajstić information content (AvgIpc) is 3.00. The summed E-state index contributed by atoms with van der Waals surface area (Å²) in [5, 5.41) is 12.8. The van der Waals surface area contributed by atoms with Gasteiger partial charge in [0.05, 0.1) is 25.7 Å².